The number of anilines is 2. The zero-order valence-corrected chi connectivity index (χ0v) is 12.8. The summed E-state index contributed by atoms with van der Waals surface area (Å²) in [6, 6.07) is 6.00. The molecule has 0 aromatic heterocycles. The highest BCUT2D eigenvalue weighted by Gasteiger charge is 2.33. The molecule has 1 aromatic carbocycles. The van der Waals surface area contributed by atoms with E-state index < -0.39 is 0 Å². The summed E-state index contributed by atoms with van der Waals surface area (Å²) in [5.74, 6) is 0.800. The van der Waals surface area contributed by atoms with Gasteiger partial charge in [-0.05, 0) is 49.8 Å². The average molecular weight is 298 g/mol. The summed E-state index contributed by atoms with van der Waals surface area (Å²) in [6.07, 6.45) is 7.34. The molecule has 0 atom stereocenters. The first-order valence-corrected chi connectivity index (χ1v) is 8.47. The summed E-state index contributed by atoms with van der Waals surface area (Å²) in [6.45, 7) is 0.782. The topological polar surface area (TPSA) is 49.4 Å². The van der Waals surface area contributed by atoms with Crippen LogP contribution in [0.15, 0.2) is 18.2 Å². The molecule has 0 spiro atoms. The maximum atomic E-state index is 12.7. The molecular formula is C18H22N2O2. The van der Waals surface area contributed by atoms with Gasteiger partial charge in [0, 0.05) is 29.8 Å². The van der Waals surface area contributed by atoms with E-state index in [1.54, 1.807) is 0 Å². The Hall–Kier alpha value is -1.84. The van der Waals surface area contributed by atoms with Crippen LogP contribution in [-0.2, 0) is 16.0 Å². The van der Waals surface area contributed by atoms with Gasteiger partial charge in [-0.3, -0.25) is 9.59 Å². The van der Waals surface area contributed by atoms with E-state index in [1.165, 1.54) is 18.4 Å². The van der Waals surface area contributed by atoms with Gasteiger partial charge in [0.2, 0.25) is 11.8 Å². The Morgan fingerprint density at radius 3 is 2.55 bits per heavy atom. The van der Waals surface area contributed by atoms with Gasteiger partial charge in [-0.1, -0.05) is 18.9 Å². The second-order valence-electron chi connectivity index (χ2n) is 6.83. The highest BCUT2D eigenvalue weighted by Crippen LogP contribution is 2.36. The van der Waals surface area contributed by atoms with Crippen molar-refractivity contribution in [2.45, 2.75) is 44.9 Å². The third kappa shape index (κ3) is 2.51. The molecule has 2 amide bonds. The van der Waals surface area contributed by atoms with Crippen LogP contribution in [0.5, 0.6) is 0 Å². The van der Waals surface area contributed by atoms with Gasteiger partial charge in [-0.2, -0.15) is 0 Å². The molecule has 0 radical (unpaired) electrons. The largest absolute Gasteiger partial charge is 0.326 e. The molecule has 1 aliphatic heterocycles. The maximum Gasteiger partial charge on any atom is 0.230 e. The number of carbonyl (C=O) groups is 2. The summed E-state index contributed by atoms with van der Waals surface area (Å²) >= 11 is 0. The van der Waals surface area contributed by atoms with Crippen molar-refractivity contribution in [3.63, 3.8) is 0 Å². The van der Waals surface area contributed by atoms with E-state index >= 15 is 0 Å². The van der Waals surface area contributed by atoms with Crippen LogP contribution in [0.1, 0.15) is 44.1 Å². The highest BCUT2D eigenvalue weighted by molar-refractivity contribution is 5.99. The Kier molecular flexibility index (Phi) is 3.40. The molecule has 4 rings (SSSR count). The monoisotopic (exact) mass is 298 g/mol. The smallest absolute Gasteiger partial charge is 0.230 e. The zero-order valence-electron chi connectivity index (χ0n) is 12.8. The first-order chi connectivity index (χ1) is 10.7. The van der Waals surface area contributed by atoms with E-state index in [-0.39, 0.29) is 23.7 Å². The van der Waals surface area contributed by atoms with Crippen molar-refractivity contribution in [1.29, 1.82) is 0 Å². The number of nitrogens with one attached hydrogen (secondary N) is 1. The lowest BCUT2D eigenvalue weighted by molar-refractivity contribution is -0.122. The van der Waals surface area contributed by atoms with Crippen molar-refractivity contribution >= 4 is 23.2 Å². The molecular weight excluding hydrogens is 276 g/mol. The summed E-state index contributed by atoms with van der Waals surface area (Å²) in [4.78, 5) is 26.6. The quantitative estimate of drug-likeness (QED) is 0.932. The van der Waals surface area contributed by atoms with Crippen LogP contribution in [0.4, 0.5) is 11.4 Å². The predicted octanol–water partition coefficient (Wildman–Crippen LogP) is 3.11. The molecule has 1 N–H and O–H groups in total. The second-order valence-corrected chi connectivity index (χ2v) is 6.83. The Labute approximate surface area is 130 Å². The zero-order chi connectivity index (χ0) is 15.1. The van der Waals surface area contributed by atoms with Crippen molar-refractivity contribution in [2.75, 3.05) is 16.8 Å². The fourth-order valence-electron chi connectivity index (χ4n) is 3.67. The van der Waals surface area contributed by atoms with Crippen molar-refractivity contribution < 1.29 is 9.59 Å². The van der Waals surface area contributed by atoms with Crippen LogP contribution in [0, 0.1) is 11.8 Å². The van der Waals surface area contributed by atoms with Crippen LogP contribution in [0.2, 0.25) is 0 Å². The van der Waals surface area contributed by atoms with Gasteiger partial charge >= 0.3 is 0 Å². The lowest BCUT2D eigenvalue weighted by atomic mass is 10.1. The Morgan fingerprint density at radius 1 is 1.05 bits per heavy atom. The minimum atomic E-state index is 0.117. The fourth-order valence-corrected chi connectivity index (χ4v) is 3.67. The molecule has 2 saturated carbocycles. The minimum Gasteiger partial charge on any atom is -0.326 e. The van der Waals surface area contributed by atoms with Gasteiger partial charge in [-0.25, -0.2) is 0 Å². The maximum absolute atomic E-state index is 12.7. The summed E-state index contributed by atoms with van der Waals surface area (Å²) in [7, 11) is 0. The van der Waals surface area contributed by atoms with E-state index in [0.29, 0.717) is 0 Å². The Balaban J connectivity index is 1.54. The van der Waals surface area contributed by atoms with E-state index in [9.17, 15) is 9.59 Å². The minimum absolute atomic E-state index is 0.117. The molecule has 2 aliphatic carbocycles. The average Bonchev–Trinajstić information content (AvgIpc) is 3.08. The third-order valence-corrected chi connectivity index (χ3v) is 5.17. The molecule has 1 aromatic rings. The van der Waals surface area contributed by atoms with Crippen molar-refractivity contribution in [2.24, 2.45) is 11.8 Å². The molecule has 116 valence electrons. The summed E-state index contributed by atoms with van der Waals surface area (Å²) in [5.41, 5.74) is 3.04. The van der Waals surface area contributed by atoms with Crippen LogP contribution >= 0.6 is 0 Å². The number of carbonyl (C=O) groups excluding carboxylic acids is 2. The predicted molar refractivity (Wildman–Crippen MR) is 85.8 cm³/mol. The lowest BCUT2D eigenvalue weighted by Crippen LogP contribution is -2.33. The SMILES string of the molecule is O=C(Nc1ccc2c(c1)N(C(=O)C1CCCC1)CC2)C1CC1. The molecule has 22 heavy (non-hydrogen) atoms. The van der Waals surface area contributed by atoms with Gasteiger partial charge < -0.3 is 10.2 Å². The molecule has 2 fully saturated rings. The van der Waals surface area contributed by atoms with E-state index in [2.05, 4.69) is 11.4 Å². The number of amides is 2. The fraction of sp³-hybridized carbons (Fsp3) is 0.556. The number of fused-ring (bicyclic) bond motifs is 1. The van der Waals surface area contributed by atoms with Crippen molar-refractivity contribution in [3.8, 4) is 0 Å². The van der Waals surface area contributed by atoms with Crippen molar-refractivity contribution in [1.82, 2.24) is 0 Å². The first-order valence-electron chi connectivity index (χ1n) is 8.47. The van der Waals surface area contributed by atoms with Gasteiger partial charge in [0.25, 0.3) is 0 Å². The van der Waals surface area contributed by atoms with Crippen LogP contribution in [0.3, 0.4) is 0 Å². The standard InChI is InChI=1S/C18H22N2O2/c21-17(13-5-6-13)19-15-8-7-12-9-10-20(16(12)11-15)18(22)14-3-1-2-4-14/h7-8,11,13-14H,1-6,9-10H2,(H,19,21). The molecule has 4 heteroatoms. The highest BCUT2D eigenvalue weighted by atomic mass is 16.2. The Bertz CT molecular complexity index is 616. The Morgan fingerprint density at radius 2 is 1.82 bits per heavy atom. The lowest BCUT2D eigenvalue weighted by Gasteiger charge is -2.21. The number of nitrogens with zero attached hydrogens (tertiary/aromatic N) is 1. The second kappa shape index (κ2) is 5.41. The third-order valence-electron chi connectivity index (χ3n) is 5.17. The number of benzene rings is 1. The van der Waals surface area contributed by atoms with E-state index in [1.807, 2.05) is 17.0 Å². The van der Waals surface area contributed by atoms with Gasteiger partial charge in [0.15, 0.2) is 0 Å². The summed E-state index contributed by atoms with van der Waals surface area (Å²) in [5, 5.41) is 2.99. The number of rotatable bonds is 3. The molecule has 1 heterocycles. The van der Waals surface area contributed by atoms with E-state index in [0.717, 1.165) is 50.0 Å². The van der Waals surface area contributed by atoms with Crippen LogP contribution in [-0.4, -0.2) is 18.4 Å². The molecule has 0 bridgehead atoms. The first kappa shape index (κ1) is 13.8. The summed E-state index contributed by atoms with van der Waals surface area (Å²) < 4.78 is 0. The van der Waals surface area contributed by atoms with Gasteiger partial charge in [0.1, 0.15) is 0 Å². The van der Waals surface area contributed by atoms with E-state index in [4.69, 9.17) is 0 Å². The van der Waals surface area contributed by atoms with Crippen LogP contribution in [0.25, 0.3) is 0 Å². The van der Waals surface area contributed by atoms with Gasteiger partial charge in [0.05, 0.1) is 0 Å². The van der Waals surface area contributed by atoms with Crippen LogP contribution < -0.4 is 10.2 Å². The molecule has 4 nitrogen and oxygen atoms in total. The number of hydrogen-bond donors (Lipinski definition) is 1. The number of hydrogen-bond acceptors (Lipinski definition) is 2. The van der Waals surface area contributed by atoms with Crippen molar-refractivity contribution in [3.05, 3.63) is 23.8 Å². The molecule has 0 saturated heterocycles. The molecule has 0 unspecified atom stereocenters. The normalized spacial score (nSPS) is 21.0. The van der Waals surface area contributed by atoms with Gasteiger partial charge in [-0.15, -0.1) is 0 Å². The molecule has 3 aliphatic rings.